The normalized spacial score (nSPS) is 19.8. The highest BCUT2D eigenvalue weighted by Gasteiger charge is 2.39. The molecule has 0 amide bonds. The molecule has 1 rings (SSSR count). The molecule has 0 heterocycles. The van der Waals surface area contributed by atoms with Crippen LogP contribution in [0.5, 0.6) is 0 Å². The van der Waals surface area contributed by atoms with E-state index < -0.39 is 50.6 Å². The standard InChI is InChI=1S/C35H63O11P/c1-4-5-12-18-28(36)22-23-31-30(32(37)24-33(31)38)19-14-10-11-16-21-35(40)46-29(26-45-47(41,42)43)25-44-34(39)20-15-9-7-6-8-13-17-27(2)3/h22-23,27-32,36-37H,4-21,24-26H2,1-3H3,(H2,41,42,43)/b23-22+/t28-,29+,30+,31+,32-/m0/s1. The summed E-state index contributed by atoms with van der Waals surface area (Å²) in [5, 5.41) is 20.6. The average molecular weight is 691 g/mol. The number of phosphoric ester groups is 1. The highest BCUT2D eigenvalue weighted by atomic mass is 31.2. The molecule has 0 unspecified atom stereocenters. The van der Waals surface area contributed by atoms with E-state index >= 15 is 0 Å². The van der Waals surface area contributed by atoms with Gasteiger partial charge in [0.15, 0.2) is 6.10 Å². The fourth-order valence-corrected chi connectivity index (χ4v) is 6.23. The minimum atomic E-state index is -4.81. The van der Waals surface area contributed by atoms with E-state index in [0.29, 0.717) is 38.0 Å². The van der Waals surface area contributed by atoms with E-state index in [1.807, 2.05) is 0 Å². The van der Waals surface area contributed by atoms with Gasteiger partial charge in [0.1, 0.15) is 12.4 Å². The van der Waals surface area contributed by atoms with E-state index in [-0.39, 0.29) is 37.6 Å². The van der Waals surface area contributed by atoms with Crippen molar-refractivity contribution in [1.82, 2.24) is 0 Å². The fourth-order valence-electron chi connectivity index (χ4n) is 5.87. The van der Waals surface area contributed by atoms with Gasteiger partial charge in [-0.2, -0.15) is 0 Å². The monoisotopic (exact) mass is 690 g/mol. The molecule has 1 saturated carbocycles. The molecule has 0 spiro atoms. The summed E-state index contributed by atoms with van der Waals surface area (Å²) in [6, 6.07) is 0. The Bertz CT molecular complexity index is 948. The lowest BCUT2D eigenvalue weighted by atomic mass is 9.88. The van der Waals surface area contributed by atoms with Crippen LogP contribution in [0.1, 0.15) is 143 Å². The maximum atomic E-state index is 12.4. The number of unbranched alkanes of at least 4 members (excludes halogenated alkanes) is 10. The van der Waals surface area contributed by atoms with E-state index in [0.717, 1.165) is 51.4 Å². The number of aliphatic hydroxyl groups excluding tert-OH is 2. The molecule has 11 nitrogen and oxygen atoms in total. The smallest absolute Gasteiger partial charge is 0.462 e. The summed E-state index contributed by atoms with van der Waals surface area (Å²) in [6.45, 7) is 5.57. The SMILES string of the molecule is CCCCC[C@H](O)/C=C/[C@H]1C(=O)C[C@H](O)[C@@H]1CCCCCCC(=O)O[C@H](COC(=O)CCCCCCCCC(C)C)COP(=O)(O)O. The number of hydrogen-bond acceptors (Lipinski definition) is 9. The number of aliphatic hydroxyl groups is 2. The zero-order valence-corrected chi connectivity index (χ0v) is 30.0. The number of carbonyl (C=O) groups is 3. The Labute approximate surface area is 282 Å². The minimum Gasteiger partial charge on any atom is -0.462 e. The molecule has 0 saturated heterocycles. The van der Waals surface area contributed by atoms with Crippen molar-refractivity contribution in [2.24, 2.45) is 17.8 Å². The fraction of sp³-hybridized carbons (Fsp3) is 0.857. The predicted octanol–water partition coefficient (Wildman–Crippen LogP) is 6.73. The molecular weight excluding hydrogens is 627 g/mol. The number of ketones is 1. The summed E-state index contributed by atoms with van der Waals surface area (Å²) >= 11 is 0. The number of rotatable bonds is 28. The van der Waals surface area contributed by atoms with Gasteiger partial charge in [0.25, 0.3) is 0 Å². The molecule has 0 bridgehead atoms. The Hall–Kier alpha value is -1.62. The first kappa shape index (κ1) is 43.4. The molecule has 274 valence electrons. The number of carbonyl (C=O) groups excluding carboxylic acids is 3. The first-order chi connectivity index (χ1) is 22.3. The molecule has 0 radical (unpaired) electrons. The van der Waals surface area contributed by atoms with Gasteiger partial charge in [-0.3, -0.25) is 18.9 Å². The van der Waals surface area contributed by atoms with Gasteiger partial charge in [0.2, 0.25) is 0 Å². The molecule has 47 heavy (non-hydrogen) atoms. The second kappa shape index (κ2) is 25.4. The van der Waals surface area contributed by atoms with E-state index in [9.17, 15) is 29.2 Å². The molecule has 1 aliphatic carbocycles. The van der Waals surface area contributed by atoms with Crippen LogP contribution < -0.4 is 0 Å². The second-order valence-corrected chi connectivity index (χ2v) is 14.7. The summed E-state index contributed by atoms with van der Waals surface area (Å²) in [5.74, 6) is -0.926. The van der Waals surface area contributed by atoms with Crippen LogP contribution in [0.3, 0.4) is 0 Å². The highest BCUT2D eigenvalue weighted by molar-refractivity contribution is 7.46. The third-order valence-corrected chi connectivity index (χ3v) is 9.10. The first-order valence-corrected chi connectivity index (χ1v) is 19.5. The summed E-state index contributed by atoms with van der Waals surface area (Å²) in [6.07, 6.45) is 16.0. The minimum absolute atomic E-state index is 0.00637. The molecule has 12 heteroatoms. The lowest BCUT2D eigenvalue weighted by Gasteiger charge is -2.19. The third-order valence-electron chi connectivity index (χ3n) is 8.62. The molecular formula is C35H63O11P. The van der Waals surface area contributed by atoms with Gasteiger partial charge >= 0.3 is 19.8 Å². The Morgan fingerprint density at radius 3 is 2.11 bits per heavy atom. The van der Waals surface area contributed by atoms with Gasteiger partial charge in [0, 0.05) is 25.2 Å². The van der Waals surface area contributed by atoms with Crippen LogP contribution >= 0.6 is 7.82 Å². The summed E-state index contributed by atoms with van der Waals surface area (Å²) in [7, 11) is -4.81. The van der Waals surface area contributed by atoms with Gasteiger partial charge in [-0.15, -0.1) is 0 Å². The zero-order chi connectivity index (χ0) is 35.1. The van der Waals surface area contributed by atoms with E-state index in [1.165, 1.54) is 19.3 Å². The van der Waals surface area contributed by atoms with Crippen LogP contribution in [0.25, 0.3) is 0 Å². The van der Waals surface area contributed by atoms with Crippen molar-refractivity contribution in [3.63, 3.8) is 0 Å². The van der Waals surface area contributed by atoms with Crippen molar-refractivity contribution in [3.05, 3.63) is 12.2 Å². The van der Waals surface area contributed by atoms with Crippen LogP contribution in [0.2, 0.25) is 0 Å². The van der Waals surface area contributed by atoms with Crippen molar-refractivity contribution in [2.45, 2.75) is 161 Å². The summed E-state index contributed by atoms with van der Waals surface area (Å²) < 4.78 is 26.2. The number of phosphoric acid groups is 1. The van der Waals surface area contributed by atoms with E-state index in [2.05, 4.69) is 25.3 Å². The maximum absolute atomic E-state index is 12.4. The Kier molecular flexibility index (Phi) is 23.4. The summed E-state index contributed by atoms with van der Waals surface area (Å²) in [4.78, 5) is 55.2. The quantitative estimate of drug-likeness (QED) is 0.0296. The molecule has 0 aliphatic heterocycles. The highest BCUT2D eigenvalue weighted by Crippen LogP contribution is 2.36. The van der Waals surface area contributed by atoms with Crippen molar-refractivity contribution in [1.29, 1.82) is 0 Å². The summed E-state index contributed by atoms with van der Waals surface area (Å²) in [5.41, 5.74) is 0. The molecule has 0 aromatic rings. The first-order valence-electron chi connectivity index (χ1n) is 17.9. The number of Topliss-reactive ketones (excluding diaryl/α,β-unsaturated/α-hetero) is 1. The van der Waals surface area contributed by atoms with E-state index in [1.54, 1.807) is 12.2 Å². The predicted molar refractivity (Wildman–Crippen MR) is 180 cm³/mol. The topological polar surface area (TPSA) is 177 Å². The Morgan fingerprint density at radius 1 is 0.872 bits per heavy atom. The molecule has 0 aromatic heterocycles. The molecule has 0 aromatic carbocycles. The lowest BCUT2D eigenvalue weighted by molar-refractivity contribution is -0.161. The number of hydrogen-bond donors (Lipinski definition) is 4. The zero-order valence-electron chi connectivity index (χ0n) is 29.1. The van der Waals surface area contributed by atoms with Gasteiger partial charge in [0.05, 0.1) is 18.8 Å². The molecule has 5 atom stereocenters. The Morgan fingerprint density at radius 2 is 1.47 bits per heavy atom. The van der Waals surface area contributed by atoms with Crippen LogP contribution in [-0.4, -0.2) is 69.2 Å². The second-order valence-electron chi connectivity index (χ2n) is 13.5. The number of allylic oxidation sites excluding steroid dienone is 1. The van der Waals surface area contributed by atoms with Crippen molar-refractivity contribution in [2.75, 3.05) is 13.2 Å². The van der Waals surface area contributed by atoms with Crippen molar-refractivity contribution >= 4 is 25.5 Å². The largest absolute Gasteiger partial charge is 0.469 e. The van der Waals surface area contributed by atoms with Crippen LogP contribution in [0.4, 0.5) is 0 Å². The molecule has 1 fully saturated rings. The van der Waals surface area contributed by atoms with Crippen molar-refractivity contribution < 1.29 is 52.9 Å². The third kappa shape index (κ3) is 22.6. The average Bonchev–Trinajstić information content (AvgIpc) is 3.27. The van der Waals surface area contributed by atoms with Gasteiger partial charge in [-0.05, 0) is 37.5 Å². The number of esters is 2. The van der Waals surface area contributed by atoms with Gasteiger partial charge in [-0.25, -0.2) is 4.57 Å². The molecule has 1 aliphatic rings. The number of ether oxygens (including phenoxy) is 2. The lowest BCUT2D eigenvalue weighted by Crippen LogP contribution is -2.29. The van der Waals surface area contributed by atoms with Gasteiger partial charge in [-0.1, -0.05) is 110 Å². The Balaban J connectivity index is 2.36. The van der Waals surface area contributed by atoms with Crippen LogP contribution in [0, 0.1) is 17.8 Å². The van der Waals surface area contributed by atoms with Crippen LogP contribution in [-0.2, 0) is 32.9 Å². The molecule has 4 N–H and O–H groups in total. The van der Waals surface area contributed by atoms with Crippen molar-refractivity contribution in [3.8, 4) is 0 Å². The van der Waals surface area contributed by atoms with Gasteiger partial charge < -0.3 is 29.5 Å². The van der Waals surface area contributed by atoms with Crippen LogP contribution in [0.15, 0.2) is 12.2 Å². The maximum Gasteiger partial charge on any atom is 0.469 e. The van der Waals surface area contributed by atoms with E-state index in [4.69, 9.17) is 19.3 Å².